The lowest BCUT2D eigenvalue weighted by Gasteiger charge is -2.05. The Bertz CT molecular complexity index is 258. The zero-order valence-corrected chi connectivity index (χ0v) is 9.26. The fraction of sp³-hybridized carbons (Fsp3) is 0.625. The van der Waals surface area contributed by atoms with Crippen molar-refractivity contribution < 1.29 is 24.6 Å². The van der Waals surface area contributed by atoms with Gasteiger partial charge in [0, 0.05) is 6.54 Å². The molecule has 0 aromatic carbocycles. The van der Waals surface area contributed by atoms with Gasteiger partial charge in [0.25, 0.3) is 0 Å². The molecule has 9 N–H and O–H groups in total. The van der Waals surface area contributed by atoms with Gasteiger partial charge in [0.05, 0.1) is 6.54 Å². The molecule has 9 nitrogen and oxygen atoms in total. The summed E-state index contributed by atoms with van der Waals surface area (Å²) in [6, 6.07) is -1.47. The van der Waals surface area contributed by atoms with Crippen LogP contribution in [-0.4, -0.2) is 47.3 Å². The Kier molecular flexibility index (Phi) is 11.0. The summed E-state index contributed by atoms with van der Waals surface area (Å²) >= 11 is 0. The molecule has 1 atom stereocenters. The predicted octanol–water partition coefficient (Wildman–Crippen LogP) is -2.12. The zero-order chi connectivity index (χ0) is 13.8. The van der Waals surface area contributed by atoms with Crippen LogP contribution in [0.1, 0.15) is 12.8 Å². The molecule has 0 aromatic heterocycles. The lowest BCUT2D eigenvalue weighted by molar-refractivity contribution is -0.138. The summed E-state index contributed by atoms with van der Waals surface area (Å²) < 4.78 is 0. The zero-order valence-electron chi connectivity index (χ0n) is 9.26. The molecule has 0 bridgehead atoms. The highest BCUT2D eigenvalue weighted by Crippen LogP contribution is 1.92. The van der Waals surface area contributed by atoms with Crippen molar-refractivity contribution in [2.45, 2.75) is 18.9 Å². The highest BCUT2D eigenvalue weighted by Gasteiger charge is 2.09. The molecule has 17 heavy (non-hydrogen) atoms. The van der Waals surface area contributed by atoms with Gasteiger partial charge in [-0.2, -0.15) is 0 Å². The standard InChI is InChI=1S/C6H13N3O3.C2H5NO2/c7-4(5(10)11)2-1-3-9-6(8)12;3-1-2(4)5/h4H,1-3,7H2,(H,10,11)(H3,8,9,12);1,3H2,(H,4,5). The third kappa shape index (κ3) is 16.8. The van der Waals surface area contributed by atoms with Crippen molar-refractivity contribution in [3.63, 3.8) is 0 Å². The van der Waals surface area contributed by atoms with Gasteiger partial charge in [0.2, 0.25) is 0 Å². The second kappa shape index (κ2) is 10.6. The smallest absolute Gasteiger partial charge is 0.320 e. The third-order valence-electron chi connectivity index (χ3n) is 1.48. The number of hydrogen-bond acceptors (Lipinski definition) is 5. The van der Waals surface area contributed by atoms with Gasteiger partial charge in [-0.05, 0) is 12.8 Å². The molecule has 0 saturated heterocycles. The first-order chi connectivity index (χ1) is 7.81. The lowest BCUT2D eigenvalue weighted by Crippen LogP contribution is -2.33. The molecular weight excluding hydrogens is 232 g/mol. The second-order valence-corrected chi connectivity index (χ2v) is 2.98. The number of hydrogen-bond donors (Lipinski definition) is 6. The Morgan fingerprint density at radius 1 is 1.24 bits per heavy atom. The van der Waals surface area contributed by atoms with E-state index in [0.29, 0.717) is 19.4 Å². The van der Waals surface area contributed by atoms with Gasteiger partial charge in [-0.1, -0.05) is 0 Å². The van der Waals surface area contributed by atoms with E-state index < -0.39 is 24.0 Å². The van der Waals surface area contributed by atoms with Crippen molar-refractivity contribution in [2.75, 3.05) is 13.1 Å². The van der Waals surface area contributed by atoms with Crippen LogP contribution >= 0.6 is 0 Å². The fourth-order valence-electron chi connectivity index (χ4n) is 0.657. The molecule has 0 fully saturated rings. The number of amides is 2. The SMILES string of the molecule is NC(=O)NCCCC(N)C(=O)O.NCC(=O)O. The molecule has 0 saturated carbocycles. The van der Waals surface area contributed by atoms with E-state index in [1.165, 1.54) is 0 Å². The predicted molar refractivity (Wildman–Crippen MR) is 59.1 cm³/mol. The Balaban J connectivity index is 0. The van der Waals surface area contributed by atoms with Crippen molar-refractivity contribution in [1.82, 2.24) is 5.32 Å². The normalized spacial score (nSPS) is 10.7. The first-order valence-corrected chi connectivity index (χ1v) is 4.74. The topological polar surface area (TPSA) is 182 Å². The fourth-order valence-corrected chi connectivity index (χ4v) is 0.657. The van der Waals surface area contributed by atoms with Crippen LogP contribution in [-0.2, 0) is 9.59 Å². The van der Waals surface area contributed by atoms with Crippen LogP contribution < -0.4 is 22.5 Å². The lowest BCUT2D eigenvalue weighted by atomic mass is 10.2. The van der Waals surface area contributed by atoms with Crippen molar-refractivity contribution in [3.05, 3.63) is 0 Å². The highest BCUT2D eigenvalue weighted by molar-refractivity contribution is 5.73. The minimum absolute atomic E-state index is 0.278. The van der Waals surface area contributed by atoms with Crippen molar-refractivity contribution >= 4 is 18.0 Å². The van der Waals surface area contributed by atoms with Crippen molar-refractivity contribution in [2.24, 2.45) is 17.2 Å². The van der Waals surface area contributed by atoms with E-state index >= 15 is 0 Å². The van der Waals surface area contributed by atoms with Crippen LogP contribution in [0.25, 0.3) is 0 Å². The minimum atomic E-state index is -1.03. The quantitative estimate of drug-likeness (QED) is 0.291. The molecule has 0 aliphatic rings. The molecule has 100 valence electrons. The Labute approximate surface area is 97.9 Å². The third-order valence-corrected chi connectivity index (χ3v) is 1.48. The van der Waals surface area contributed by atoms with E-state index in [1.54, 1.807) is 0 Å². The average molecular weight is 250 g/mol. The second-order valence-electron chi connectivity index (χ2n) is 2.98. The molecule has 0 aliphatic carbocycles. The molecule has 0 aliphatic heterocycles. The molecule has 0 heterocycles. The molecular formula is C8H18N4O5. The van der Waals surface area contributed by atoms with Crippen molar-refractivity contribution in [3.8, 4) is 0 Å². The van der Waals surface area contributed by atoms with Crippen LogP contribution in [0.4, 0.5) is 4.79 Å². The van der Waals surface area contributed by atoms with Gasteiger partial charge in [0.1, 0.15) is 6.04 Å². The van der Waals surface area contributed by atoms with Gasteiger partial charge in [-0.25, -0.2) is 4.79 Å². The number of primary amides is 1. The summed E-state index contributed by atoms with van der Waals surface area (Å²) in [5.74, 6) is -2.00. The molecule has 0 spiro atoms. The summed E-state index contributed by atoms with van der Waals surface area (Å²) in [6.07, 6.45) is 0.839. The number of carbonyl (C=O) groups is 3. The molecule has 9 heteroatoms. The number of urea groups is 1. The molecule has 0 aromatic rings. The van der Waals surface area contributed by atoms with Crippen molar-refractivity contribution in [1.29, 1.82) is 0 Å². The van der Waals surface area contributed by atoms with Gasteiger partial charge in [-0.15, -0.1) is 0 Å². The summed E-state index contributed by atoms with van der Waals surface area (Å²) in [5, 5.41) is 18.3. The summed E-state index contributed by atoms with van der Waals surface area (Å²) in [4.78, 5) is 29.6. The number of carboxylic acids is 2. The van der Waals surface area contributed by atoms with Gasteiger partial charge >= 0.3 is 18.0 Å². The number of nitrogens with two attached hydrogens (primary N) is 3. The number of aliphatic carboxylic acids is 2. The van der Waals surface area contributed by atoms with Gasteiger partial charge < -0.3 is 32.7 Å². The van der Waals surface area contributed by atoms with E-state index in [9.17, 15) is 14.4 Å². The van der Waals surface area contributed by atoms with Crippen LogP contribution in [0, 0.1) is 0 Å². The van der Waals surface area contributed by atoms with Gasteiger partial charge in [0.15, 0.2) is 0 Å². The minimum Gasteiger partial charge on any atom is -0.480 e. The maximum absolute atomic E-state index is 10.2. The van der Waals surface area contributed by atoms with Crippen LogP contribution in [0.3, 0.4) is 0 Å². The van der Waals surface area contributed by atoms with E-state index in [2.05, 4.69) is 11.1 Å². The largest absolute Gasteiger partial charge is 0.480 e. The molecule has 1 unspecified atom stereocenters. The first kappa shape index (κ1) is 17.5. The van der Waals surface area contributed by atoms with Crippen LogP contribution in [0.5, 0.6) is 0 Å². The summed E-state index contributed by atoms with van der Waals surface area (Å²) in [6.45, 7) is 0.0797. The van der Waals surface area contributed by atoms with Crippen LogP contribution in [0.15, 0.2) is 0 Å². The van der Waals surface area contributed by atoms with E-state index in [1.807, 2.05) is 0 Å². The number of nitrogens with one attached hydrogen (secondary N) is 1. The Morgan fingerprint density at radius 2 is 1.71 bits per heavy atom. The Morgan fingerprint density at radius 3 is 2.00 bits per heavy atom. The monoisotopic (exact) mass is 250 g/mol. The maximum atomic E-state index is 10.2. The maximum Gasteiger partial charge on any atom is 0.320 e. The number of rotatable bonds is 6. The van der Waals surface area contributed by atoms with Gasteiger partial charge in [-0.3, -0.25) is 9.59 Å². The average Bonchev–Trinajstić information content (AvgIpc) is 2.24. The molecule has 2 amide bonds. The highest BCUT2D eigenvalue weighted by atomic mass is 16.4. The Hall–Kier alpha value is -1.87. The molecule has 0 rings (SSSR count). The van der Waals surface area contributed by atoms with E-state index in [4.69, 9.17) is 21.7 Å². The van der Waals surface area contributed by atoms with E-state index in [-0.39, 0.29) is 6.54 Å². The van der Waals surface area contributed by atoms with E-state index in [0.717, 1.165) is 0 Å². The number of carbonyl (C=O) groups excluding carboxylic acids is 1. The number of carboxylic acid groups (broad SMARTS) is 2. The molecule has 0 radical (unpaired) electrons. The summed E-state index contributed by atoms with van der Waals surface area (Å²) in [5.41, 5.74) is 14.5. The first-order valence-electron chi connectivity index (χ1n) is 4.74. The summed E-state index contributed by atoms with van der Waals surface area (Å²) in [7, 11) is 0. The van der Waals surface area contributed by atoms with Crippen LogP contribution in [0.2, 0.25) is 0 Å².